The molecule has 108 valence electrons. The predicted octanol–water partition coefficient (Wildman–Crippen LogP) is -3.69. The van der Waals surface area contributed by atoms with Crippen molar-refractivity contribution in [2.45, 2.75) is 6.92 Å². The van der Waals surface area contributed by atoms with Gasteiger partial charge >= 0.3 is 26.2 Å². The van der Waals surface area contributed by atoms with E-state index in [0.29, 0.717) is 0 Å². The summed E-state index contributed by atoms with van der Waals surface area (Å²) in [5.74, 6) is 0. The zero-order chi connectivity index (χ0) is 11.8. The fraction of sp³-hybridized carbons (Fsp3) is 0.0625. The smallest absolute Gasteiger partial charge is 1.00 e. The van der Waals surface area contributed by atoms with Crippen molar-refractivity contribution >= 4 is 26.7 Å². The van der Waals surface area contributed by atoms with Crippen molar-refractivity contribution in [3.63, 3.8) is 0 Å². The molecule has 5 heteroatoms. The molecule has 3 aromatic carbocycles. The summed E-state index contributed by atoms with van der Waals surface area (Å²) in [6.07, 6.45) is 0. The van der Waals surface area contributed by atoms with E-state index in [-0.39, 0.29) is 63.4 Å². The Kier molecular flexibility index (Phi) is 11.4. The summed E-state index contributed by atoms with van der Waals surface area (Å²) in [5.41, 5.74) is 3.89. The van der Waals surface area contributed by atoms with Crippen LogP contribution in [0.25, 0.3) is 21.9 Å². The number of fused-ring (bicyclic) bond motifs is 1. The molecule has 0 saturated carbocycles. The number of hydrogen-bond acceptors (Lipinski definition) is 0. The van der Waals surface area contributed by atoms with E-state index in [1.165, 1.54) is 31.9 Å². The molecule has 3 rings (SSSR count). The van der Waals surface area contributed by atoms with Crippen molar-refractivity contribution in [1.29, 1.82) is 0 Å². The third-order valence-corrected chi connectivity index (χ3v) is 3.75. The Hall–Kier alpha value is 0.283. The molecule has 0 aromatic heterocycles. The monoisotopic (exact) mass is 478 g/mol. The van der Waals surface area contributed by atoms with Gasteiger partial charge in [0.25, 0.3) is 0 Å². The molecule has 0 fully saturated rings. The number of halogens is 4. The minimum Gasteiger partial charge on any atom is -1.00 e. The van der Waals surface area contributed by atoms with Gasteiger partial charge in [0.2, 0.25) is 0 Å². The van der Waals surface area contributed by atoms with Gasteiger partial charge in [0.1, 0.15) is 0 Å². The molecule has 0 aliphatic heterocycles. The molecule has 0 atom stereocenters. The molecule has 0 saturated heterocycles. The van der Waals surface area contributed by atoms with E-state index in [1.54, 1.807) is 0 Å². The van der Waals surface area contributed by atoms with Gasteiger partial charge in [-0.05, 0) is 5.56 Å². The van der Waals surface area contributed by atoms with Gasteiger partial charge in [-0.1, -0.05) is 59.4 Å². The second kappa shape index (κ2) is 10.1. The summed E-state index contributed by atoms with van der Waals surface area (Å²) in [5, 5.41) is 2.62. The molecule has 0 heterocycles. The van der Waals surface area contributed by atoms with Gasteiger partial charge in [-0.15, -0.1) is 38.3 Å². The third kappa shape index (κ3) is 4.88. The second-order valence-electron chi connectivity index (χ2n) is 4.32. The van der Waals surface area contributed by atoms with Crippen molar-refractivity contribution in [3.8, 4) is 11.1 Å². The summed E-state index contributed by atoms with van der Waals surface area (Å²) in [6.45, 7) is 2.14. The molecule has 0 bridgehead atoms. The maximum absolute atomic E-state index is 3.62. The molecular formula is C16H12BrCl3Zr. The van der Waals surface area contributed by atoms with Crippen LogP contribution < -0.4 is 37.2 Å². The number of rotatable bonds is 1. The molecule has 3 aromatic rings. The molecule has 0 aliphatic rings. The van der Waals surface area contributed by atoms with Crippen LogP contribution in [0.3, 0.4) is 0 Å². The quantitative estimate of drug-likeness (QED) is 0.314. The van der Waals surface area contributed by atoms with E-state index < -0.39 is 0 Å². The van der Waals surface area contributed by atoms with E-state index in [2.05, 4.69) is 77.5 Å². The molecule has 0 unspecified atom stereocenters. The van der Waals surface area contributed by atoms with Crippen molar-refractivity contribution < 1.29 is 63.4 Å². The summed E-state index contributed by atoms with van der Waals surface area (Å²) < 4.78 is 1.17. The van der Waals surface area contributed by atoms with Crippen molar-refractivity contribution in [2.75, 3.05) is 0 Å². The Morgan fingerprint density at radius 2 is 1.52 bits per heavy atom. The van der Waals surface area contributed by atoms with Gasteiger partial charge < -0.3 is 37.2 Å². The number of benzene rings is 2. The van der Waals surface area contributed by atoms with E-state index in [1.807, 2.05) is 0 Å². The molecule has 0 spiro atoms. The van der Waals surface area contributed by atoms with Gasteiger partial charge in [0, 0.05) is 0 Å². The molecule has 21 heavy (non-hydrogen) atoms. The summed E-state index contributed by atoms with van der Waals surface area (Å²) in [7, 11) is 0. The summed E-state index contributed by atoms with van der Waals surface area (Å²) >= 11 is 3.62. The molecule has 0 radical (unpaired) electrons. The van der Waals surface area contributed by atoms with Gasteiger partial charge in [-0.3, -0.25) is 0 Å². The molecule has 0 aliphatic carbocycles. The van der Waals surface area contributed by atoms with Crippen LogP contribution in [0.1, 0.15) is 5.56 Å². The second-order valence-corrected chi connectivity index (χ2v) is 5.18. The average molecular weight is 482 g/mol. The Labute approximate surface area is 171 Å². The first-order valence-electron chi connectivity index (χ1n) is 5.67. The van der Waals surface area contributed by atoms with Crippen molar-refractivity contribution in [1.82, 2.24) is 0 Å². The molecular weight excluding hydrogens is 470 g/mol. The topological polar surface area (TPSA) is 0 Å². The van der Waals surface area contributed by atoms with E-state index in [0.717, 1.165) is 0 Å². The number of aryl methyl sites for hydroxylation is 1. The van der Waals surface area contributed by atoms with Crippen LogP contribution in [0.2, 0.25) is 0 Å². The minimum atomic E-state index is 0. The van der Waals surface area contributed by atoms with Crippen LogP contribution in [0.15, 0.2) is 59.1 Å². The van der Waals surface area contributed by atoms with Crippen molar-refractivity contribution in [3.05, 3.63) is 64.6 Å². The maximum Gasteiger partial charge on any atom is 4.00 e. The first-order chi connectivity index (χ1) is 8.25. The van der Waals surface area contributed by atoms with Gasteiger partial charge in [-0.25, -0.2) is 0 Å². The summed E-state index contributed by atoms with van der Waals surface area (Å²) in [6, 6.07) is 19.3. The first kappa shape index (κ1) is 23.5. The Morgan fingerprint density at radius 1 is 0.905 bits per heavy atom. The van der Waals surface area contributed by atoms with Crippen LogP contribution in [-0.4, -0.2) is 0 Å². The predicted molar refractivity (Wildman–Crippen MR) is 77.4 cm³/mol. The average Bonchev–Trinajstić information content (AvgIpc) is 2.73. The largest absolute Gasteiger partial charge is 4.00 e. The van der Waals surface area contributed by atoms with Crippen LogP contribution in [0.4, 0.5) is 0 Å². The maximum atomic E-state index is 3.62. The third-order valence-electron chi connectivity index (χ3n) is 3.06. The fourth-order valence-electron chi connectivity index (χ4n) is 2.28. The Morgan fingerprint density at radius 3 is 2.14 bits per heavy atom. The summed E-state index contributed by atoms with van der Waals surface area (Å²) in [4.78, 5) is 0. The van der Waals surface area contributed by atoms with Gasteiger partial charge in [0.15, 0.2) is 0 Å². The van der Waals surface area contributed by atoms with Crippen LogP contribution in [0, 0.1) is 6.92 Å². The molecule has 0 nitrogen and oxygen atoms in total. The van der Waals surface area contributed by atoms with Crippen LogP contribution >= 0.6 is 15.9 Å². The zero-order valence-corrected chi connectivity index (χ0v) is 17.5. The van der Waals surface area contributed by atoms with Crippen LogP contribution in [-0.2, 0) is 26.2 Å². The zero-order valence-electron chi connectivity index (χ0n) is 11.2. The van der Waals surface area contributed by atoms with Gasteiger partial charge in [0.05, 0.1) is 0 Å². The minimum absolute atomic E-state index is 0. The number of hydrogen-bond donors (Lipinski definition) is 0. The molecule has 0 N–H and O–H groups in total. The van der Waals surface area contributed by atoms with E-state index in [4.69, 9.17) is 0 Å². The normalized spacial score (nSPS) is 8.86. The fourth-order valence-corrected chi connectivity index (χ4v) is 2.74. The Bertz CT molecular complexity index is 681. The SMILES string of the molecule is Cc1cc2c(-c3ccccc3)ccc(Br)c2[cH-]1.[Cl-].[Cl-].[Cl-].[Zr+4]. The van der Waals surface area contributed by atoms with Crippen molar-refractivity contribution in [2.24, 2.45) is 0 Å². The van der Waals surface area contributed by atoms with Gasteiger partial charge in [-0.2, -0.15) is 6.07 Å². The van der Waals surface area contributed by atoms with Crippen LogP contribution in [0.5, 0.6) is 0 Å². The van der Waals surface area contributed by atoms with E-state index >= 15 is 0 Å². The Balaban J connectivity index is 0. The van der Waals surface area contributed by atoms with E-state index in [9.17, 15) is 0 Å². The first-order valence-corrected chi connectivity index (χ1v) is 6.46. The molecule has 0 amide bonds. The standard InChI is InChI=1S/C16H12Br.3ClH.Zr/c1-11-9-14-13(12-5-3-2-4-6-12)7-8-16(17)15(14)10-11;;;;/h2-10H,1H3;3*1H;/q-1;;;;+4/p-3.